The van der Waals surface area contributed by atoms with E-state index in [1.165, 1.54) is 0 Å². The van der Waals surface area contributed by atoms with Crippen LogP contribution in [0.1, 0.15) is 50.2 Å². The van der Waals surface area contributed by atoms with Crippen molar-refractivity contribution in [1.82, 2.24) is 10.2 Å². The number of hydrogen-bond donors (Lipinski definition) is 2. The van der Waals surface area contributed by atoms with Crippen LogP contribution in [0.3, 0.4) is 0 Å². The van der Waals surface area contributed by atoms with Crippen LogP contribution in [0.15, 0.2) is 79.9 Å². The maximum absolute atomic E-state index is 14.8. The predicted molar refractivity (Wildman–Crippen MR) is 192 cm³/mol. The first-order chi connectivity index (χ1) is 24.2. The number of carbonyl (C=O) groups is 4. The third-order valence-electron chi connectivity index (χ3n) is 9.80. The molecule has 3 aliphatic heterocycles. The Balaban J connectivity index is 1.47. The molecular formula is C38H46BrN3O8. The zero-order valence-electron chi connectivity index (χ0n) is 28.4. The van der Waals surface area contributed by atoms with E-state index in [2.05, 4.69) is 34.4 Å². The normalized spacial score (nSPS) is 25.5. The van der Waals surface area contributed by atoms with Crippen LogP contribution in [0.5, 0.6) is 5.75 Å². The highest BCUT2D eigenvalue weighted by molar-refractivity contribution is 9.09. The molecule has 3 amide bonds. The number of carbonyl (C=O) groups excluding carboxylic acids is 4. The van der Waals surface area contributed by atoms with E-state index >= 15 is 0 Å². The minimum Gasteiger partial charge on any atom is -0.497 e. The molecule has 7 atom stereocenters. The van der Waals surface area contributed by atoms with Gasteiger partial charge in [-0.25, -0.2) is 0 Å². The summed E-state index contributed by atoms with van der Waals surface area (Å²) in [7, 11) is 1.56. The number of alkyl halides is 1. The van der Waals surface area contributed by atoms with E-state index in [0.717, 1.165) is 0 Å². The van der Waals surface area contributed by atoms with Crippen molar-refractivity contribution in [2.24, 2.45) is 11.8 Å². The molecule has 0 saturated carbocycles. The van der Waals surface area contributed by atoms with Crippen molar-refractivity contribution >= 4 is 45.3 Å². The van der Waals surface area contributed by atoms with Gasteiger partial charge in [-0.15, -0.1) is 13.2 Å². The number of halogens is 1. The molecule has 1 spiro atoms. The number of hydrogen-bond acceptors (Lipinski definition) is 8. The maximum atomic E-state index is 14.8. The fourth-order valence-corrected chi connectivity index (χ4v) is 8.44. The molecule has 3 aliphatic rings. The van der Waals surface area contributed by atoms with E-state index in [1.54, 1.807) is 53.3 Å². The number of aliphatic hydroxyl groups is 1. The van der Waals surface area contributed by atoms with Gasteiger partial charge in [0.1, 0.15) is 23.5 Å². The third-order valence-corrected chi connectivity index (χ3v) is 10.6. The highest BCUT2D eigenvalue weighted by atomic mass is 79.9. The van der Waals surface area contributed by atoms with Gasteiger partial charge in [0.15, 0.2) is 0 Å². The zero-order chi connectivity index (χ0) is 35.8. The van der Waals surface area contributed by atoms with Gasteiger partial charge in [-0.1, -0.05) is 58.4 Å². The number of anilines is 1. The second-order valence-corrected chi connectivity index (χ2v) is 14.1. The quantitative estimate of drug-likeness (QED) is 0.0986. The summed E-state index contributed by atoms with van der Waals surface area (Å²) < 4.78 is 18.2. The summed E-state index contributed by atoms with van der Waals surface area (Å²) in [6.45, 7) is 8.04. The van der Waals surface area contributed by atoms with Crippen LogP contribution in [0, 0.1) is 11.8 Å². The molecule has 2 bridgehead atoms. The molecule has 50 heavy (non-hydrogen) atoms. The molecule has 11 nitrogen and oxygen atoms in total. The number of aliphatic hydroxyl groups excluding tert-OH is 1. The van der Waals surface area contributed by atoms with Crippen LogP contribution >= 0.6 is 15.9 Å². The summed E-state index contributed by atoms with van der Waals surface area (Å²) in [4.78, 5) is 58.9. The lowest BCUT2D eigenvalue weighted by molar-refractivity contribution is -0.160. The molecule has 0 radical (unpaired) electrons. The molecule has 0 aromatic heterocycles. The first-order valence-electron chi connectivity index (χ1n) is 17.1. The molecule has 1 unspecified atom stereocenters. The molecular weight excluding hydrogens is 706 g/mol. The highest BCUT2D eigenvalue weighted by Crippen LogP contribution is 2.60. The van der Waals surface area contributed by atoms with E-state index in [1.807, 2.05) is 30.3 Å². The van der Waals surface area contributed by atoms with Crippen LogP contribution in [0.25, 0.3) is 0 Å². The van der Waals surface area contributed by atoms with E-state index < -0.39 is 41.7 Å². The van der Waals surface area contributed by atoms with Crippen molar-refractivity contribution in [2.45, 2.75) is 67.2 Å². The first-order valence-corrected chi connectivity index (χ1v) is 18.0. The number of likely N-dealkylation sites (tertiary alicyclic amines) is 1. The minimum absolute atomic E-state index is 0.0225. The molecule has 12 heteroatoms. The van der Waals surface area contributed by atoms with Crippen LogP contribution in [0.2, 0.25) is 0 Å². The molecule has 0 aliphatic carbocycles. The third kappa shape index (κ3) is 7.52. The summed E-state index contributed by atoms with van der Waals surface area (Å²) in [5, 5.41) is 12.2. The van der Waals surface area contributed by atoms with Gasteiger partial charge in [0.05, 0.1) is 31.6 Å². The Morgan fingerprint density at radius 1 is 1.12 bits per heavy atom. The standard InChI is InChI=1S/C38H46BrN3O8/c1-4-6-15-30(44)40-24-29(25-13-9-7-10-14-25)49-37(47)31-32-35(45)42(21-11-8-12-22-43)34(38(32)23-28(39)33(31)50-38)36(46)41(20-5-2)26-16-18-27(48-3)19-17-26/h4-5,7,9-10,13-14,16-19,28-29,31-34,43H,1-2,6,8,11-12,15,20-24H2,3H3,(H,40,44)/t28?,29-,31+,32-,33+,34+,38-/m0/s1. The Kier molecular flexibility index (Phi) is 12.5. The van der Waals surface area contributed by atoms with Gasteiger partial charge in [0.25, 0.3) is 5.91 Å². The van der Waals surface area contributed by atoms with Crippen molar-refractivity contribution in [3.63, 3.8) is 0 Å². The van der Waals surface area contributed by atoms with E-state index in [-0.39, 0.29) is 55.2 Å². The van der Waals surface area contributed by atoms with Crippen molar-refractivity contribution in [3.05, 3.63) is 85.5 Å². The maximum Gasteiger partial charge on any atom is 0.313 e. The van der Waals surface area contributed by atoms with E-state index in [4.69, 9.17) is 14.2 Å². The second-order valence-electron chi connectivity index (χ2n) is 12.9. The average Bonchev–Trinajstić information content (AvgIpc) is 3.73. The number of rotatable bonds is 18. The number of unbranched alkanes of at least 4 members (excludes halogenated alkanes) is 2. The number of allylic oxidation sites excluding steroid dienone is 1. The van der Waals surface area contributed by atoms with E-state index in [9.17, 15) is 24.3 Å². The Morgan fingerprint density at radius 3 is 2.52 bits per heavy atom. The number of nitrogens with zero attached hydrogens (tertiary/aromatic N) is 2. The van der Waals surface area contributed by atoms with Gasteiger partial charge in [-0.3, -0.25) is 19.2 Å². The van der Waals surface area contributed by atoms with Crippen LogP contribution < -0.4 is 15.0 Å². The van der Waals surface area contributed by atoms with Crippen molar-refractivity contribution in [2.75, 3.05) is 38.3 Å². The van der Waals surface area contributed by atoms with Gasteiger partial charge in [-0.2, -0.15) is 0 Å². The lowest BCUT2D eigenvalue weighted by Crippen LogP contribution is -2.57. The molecule has 3 fully saturated rings. The summed E-state index contributed by atoms with van der Waals surface area (Å²) in [5.41, 5.74) is -0.00126. The number of nitrogens with one attached hydrogen (secondary N) is 1. The fourth-order valence-electron chi connectivity index (χ4n) is 7.49. The number of fused-ring (bicyclic) bond motifs is 1. The average molecular weight is 753 g/mol. The summed E-state index contributed by atoms with van der Waals surface area (Å²) in [6, 6.07) is 15.2. The Bertz CT molecular complexity index is 1540. The van der Waals surface area contributed by atoms with Crippen LogP contribution in [-0.2, 0) is 28.7 Å². The first kappa shape index (κ1) is 37.3. The summed E-state index contributed by atoms with van der Waals surface area (Å²) >= 11 is 3.73. The Morgan fingerprint density at radius 2 is 1.86 bits per heavy atom. The van der Waals surface area contributed by atoms with Crippen molar-refractivity contribution in [3.8, 4) is 5.75 Å². The molecule has 5 rings (SSSR count). The van der Waals surface area contributed by atoms with Crippen LogP contribution in [0.4, 0.5) is 5.69 Å². The fraction of sp³-hybridized carbons (Fsp3) is 0.474. The Labute approximate surface area is 301 Å². The zero-order valence-corrected chi connectivity index (χ0v) is 30.0. The van der Waals surface area contributed by atoms with E-state index in [0.29, 0.717) is 49.1 Å². The van der Waals surface area contributed by atoms with Gasteiger partial charge in [0, 0.05) is 36.6 Å². The number of methoxy groups -OCH3 is 1. The van der Waals surface area contributed by atoms with Gasteiger partial charge >= 0.3 is 5.97 Å². The molecule has 2 aromatic rings. The van der Waals surface area contributed by atoms with Crippen molar-refractivity contribution in [1.29, 1.82) is 0 Å². The second kappa shape index (κ2) is 16.8. The smallest absolute Gasteiger partial charge is 0.313 e. The summed E-state index contributed by atoms with van der Waals surface area (Å²) in [5.74, 6) is -2.82. The van der Waals surface area contributed by atoms with Gasteiger partial charge in [0.2, 0.25) is 11.8 Å². The minimum atomic E-state index is -1.29. The number of ether oxygens (including phenoxy) is 3. The topological polar surface area (TPSA) is 135 Å². The lowest BCUT2D eigenvalue weighted by Gasteiger charge is -2.37. The van der Waals surface area contributed by atoms with Crippen LogP contribution in [-0.4, -0.2) is 89.6 Å². The largest absolute Gasteiger partial charge is 0.497 e. The SMILES string of the molecule is C=CCCC(=O)NC[C@H](OC(=O)[C@H]1[C@@H]2O[C@@]3(CC2Br)[C@@H]1C(=O)N(CCCCCO)[C@@H]3C(=O)N(CC=C)c1ccc(OC)cc1)c1ccccc1. The van der Waals surface area contributed by atoms with Crippen molar-refractivity contribution < 1.29 is 38.5 Å². The number of benzene rings is 2. The molecule has 2 N–H and O–H groups in total. The number of amides is 3. The summed E-state index contributed by atoms with van der Waals surface area (Å²) in [6.07, 6.45) is 4.64. The molecule has 2 aromatic carbocycles. The highest BCUT2D eigenvalue weighted by Gasteiger charge is 2.77. The molecule has 3 saturated heterocycles. The number of esters is 1. The van der Waals surface area contributed by atoms with Gasteiger partial charge in [-0.05, 0) is 61.9 Å². The predicted octanol–water partition coefficient (Wildman–Crippen LogP) is 4.49. The monoisotopic (exact) mass is 751 g/mol. The Hall–Kier alpha value is -4.00. The molecule has 3 heterocycles. The molecule has 268 valence electrons. The van der Waals surface area contributed by atoms with Gasteiger partial charge < -0.3 is 34.4 Å². The lowest BCUT2D eigenvalue weighted by atomic mass is 9.70.